The maximum absolute atomic E-state index is 6.48. The molecule has 1 N–H and O–H groups in total. The maximum atomic E-state index is 6.48. The van der Waals surface area contributed by atoms with Crippen LogP contribution in [0.3, 0.4) is 0 Å². The molecule has 2 aromatic rings. The first-order chi connectivity index (χ1) is 14.2. The number of ether oxygens (including phenoxy) is 3. The third-order valence-corrected chi connectivity index (χ3v) is 5.45. The SMILES string of the molecule is COc1cc(CNCCCN2CCOCC2)c(Cl)cc1OCc1cccc(Cl)c1. The van der Waals surface area contributed by atoms with Gasteiger partial charge < -0.3 is 19.5 Å². The zero-order valence-corrected chi connectivity index (χ0v) is 18.3. The van der Waals surface area contributed by atoms with Crippen molar-refractivity contribution in [2.24, 2.45) is 0 Å². The van der Waals surface area contributed by atoms with Crippen molar-refractivity contribution in [2.75, 3.05) is 46.5 Å². The molecule has 0 aliphatic carbocycles. The lowest BCUT2D eigenvalue weighted by Crippen LogP contribution is -2.37. The van der Waals surface area contributed by atoms with Crippen LogP contribution in [0.2, 0.25) is 10.0 Å². The summed E-state index contributed by atoms with van der Waals surface area (Å²) in [5, 5.41) is 4.81. The standard InChI is InChI=1S/C22H28Cl2N2O3/c1-27-21-13-18(15-25-6-3-7-26-8-10-28-11-9-26)20(24)14-22(21)29-16-17-4-2-5-19(23)12-17/h2,4-5,12-14,25H,3,6-11,15-16H2,1H3. The van der Waals surface area contributed by atoms with E-state index in [1.807, 2.05) is 36.4 Å². The lowest BCUT2D eigenvalue weighted by atomic mass is 10.2. The predicted molar refractivity (Wildman–Crippen MR) is 117 cm³/mol. The Hall–Kier alpha value is -1.50. The number of hydrogen-bond acceptors (Lipinski definition) is 5. The van der Waals surface area contributed by atoms with Crippen molar-refractivity contribution in [3.63, 3.8) is 0 Å². The summed E-state index contributed by atoms with van der Waals surface area (Å²) < 4.78 is 16.8. The number of hydrogen-bond donors (Lipinski definition) is 1. The van der Waals surface area contributed by atoms with Crippen molar-refractivity contribution in [1.29, 1.82) is 0 Å². The molecule has 0 saturated carbocycles. The first kappa shape index (κ1) is 22.2. The second-order valence-corrected chi connectivity index (χ2v) is 7.84. The molecule has 158 valence electrons. The number of nitrogens with one attached hydrogen (secondary N) is 1. The molecule has 0 atom stereocenters. The summed E-state index contributed by atoms with van der Waals surface area (Å²) in [4.78, 5) is 2.44. The van der Waals surface area contributed by atoms with E-state index in [2.05, 4.69) is 10.2 Å². The minimum Gasteiger partial charge on any atom is -0.493 e. The Labute approximate surface area is 182 Å². The highest BCUT2D eigenvalue weighted by Crippen LogP contribution is 2.34. The van der Waals surface area contributed by atoms with Gasteiger partial charge in [0, 0.05) is 35.7 Å². The molecule has 0 amide bonds. The summed E-state index contributed by atoms with van der Waals surface area (Å²) in [6.45, 7) is 6.84. The average Bonchev–Trinajstić information content (AvgIpc) is 2.74. The molecular formula is C22H28Cl2N2O3. The Morgan fingerprint density at radius 3 is 2.69 bits per heavy atom. The maximum Gasteiger partial charge on any atom is 0.163 e. The summed E-state index contributed by atoms with van der Waals surface area (Å²) in [6, 6.07) is 11.3. The van der Waals surface area contributed by atoms with Crippen molar-refractivity contribution in [2.45, 2.75) is 19.6 Å². The first-order valence-electron chi connectivity index (χ1n) is 9.90. The van der Waals surface area contributed by atoms with E-state index >= 15 is 0 Å². The smallest absolute Gasteiger partial charge is 0.163 e. The van der Waals surface area contributed by atoms with E-state index in [0.29, 0.717) is 34.7 Å². The van der Waals surface area contributed by atoms with Crippen LogP contribution in [0.1, 0.15) is 17.5 Å². The van der Waals surface area contributed by atoms with Crippen LogP contribution in [0.4, 0.5) is 0 Å². The van der Waals surface area contributed by atoms with E-state index in [-0.39, 0.29) is 0 Å². The van der Waals surface area contributed by atoms with Crippen molar-refractivity contribution < 1.29 is 14.2 Å². The van der Waals surface area contributed by atoms with Gasteiger partial charge in [-0.15, -0.1) is 0 Å². The molecule has 2 aromatic carbocycles. The summed E-state index contributed by atoms with van der Waals surface area (Å²) in [6.07, 6.45) is 1.09. The van der Waals surface area contributed by atoms with E-state index in [1.165, 1.54) is 0 Å². The zero-order chi connectivity index (χ0) is 20.5. The molecule has 0 unspecified atom stereocenters. The Morgan fingerprint density at radius 1 is 1.10 bits per heavy atom. The second kappa shape index (κ2) is 11.6. The van der Waals surface area contributed by atoms with Crippen molar-refractivity contribution in [1.82, 2.24) is 10.2 Å². The zero-order valence-electron chi connectivity index (χ0n) is 16.8. The average molecular weight is 439 g/mol. The Kier molecular flexibility index (Phi) is 8.90. The van der Waals surface area contributed by atoms with Gasteiger partial charge in [0.1, 0.15) is 6.61 Å². The van der Waals surface area contributed by atoms with Crippen LogP contribution in [0.25, 0.3) is 0 Å². The van der Waals surface area contributed by atoms with E-state index in [0.717, 1.165) is 56.9 Å². The molecule has 0 spiro atoms. The van der Waals surface area contributed by atoms with Crippen molar-refractivity contribution >= 4 is 23.2 Å². The van der Waals surface area contributed by atoms with E-state index in [4.69, 9.17) is 37.4 Å². The molecule has 5 nitrogen and oxygen atoms in total. The van der Waals surface area contributed by atoms with Gasteiger partial charge >= 0.3 is 0 Å². The topological polar surface area (TPSA) is 43.0 Å². The number of benzene rings is 2. The van der Waals surface area contributed by atoms with Gasteiger partial charge in [0.25, 0.3) is 0 Å². The van der Waals surface area contributed by atoms with Crippen LogP contribution in [-0.2, 0) is 17.9 Å². The van der Waals surface area contributed by atoms with Gasteiger partial charge in [-0.3, -0.25) is 4.90 Å². The highest BCUT2D eigenvalue weighted by molar-refractivity contribution is 6.31. The molecule has 7 heteroatoms. The molecule has 0 bridgehead atoms. The fraction of sp³-hybridized carbons (Fsp3) is 0.455. The van der Waals surface area contributed by atoms with Gasteiger partial charge in [0.2, 0.25) is 0 Å². The molecule has 0 radical (unpaired) electrons. The molecule has 29 heavy (non-hydrogen) atoms. The highest BCUT2D eigenvalue weighted by atomic mass is 35.5. The van der Waals surface area contributed by atoms with Crippen LogP contribution in [0.5, 0.6) is 11.5 Å². The summed E-state index contributed by atoms with van der Waals surface area (Å²) >= 11 is 12.5. The monoisotopic (exact) mass is 438 g/mol. The minimum atomic E-state index is 0.395. The third kappa shape index (κ3) is 7.05. The van der Waals surface area contributed by atoms with Gasteiger partial charge in [-0.2, -0.15) is 0 Å². The molecule has 1 aliphatic heterocycles. The van der Waals surface area contributed by atoms with Crippen LogP contribution in [0.15, 0.2) is 36.4 Å². The second-order valence-electron chi connectivity index (χ2n) is 7.00. The van der Waals surface area contributed by atoms with Crippen LogP contribution >= 0.6 is 23.2 Å². The highest BCUT2D eigenvalue weighted by Gasteiger charge is 2.12. The van der Waals surface area contributed by atoms with E-state index in [9.17, 15) is 0 Å². The van der Waals surface area contributed by atoms with Gasteiger partial charge in [-0.1, -0.05) is 35.3 Å². The Balaban J connectivity index is 1.49. The van der Waals surface area contributed by atoms with E-state index < -0.39 is 0 Å². The van der Waals surface area contributed by atoms with Gasteiger partial charge in [-0.05, 0) is 48.8 Å². The van der Waals surface area contributed by atoms with Crippen molar-refractivity contribution in [3.8, 4) is 11.5 Å². The molecule has 1 heterocycles. The normalized spacial score (nSPS) is 14.7. The van der Waals surface area contributed by atoms with Crippen LogP contribution in [-0.4, -0.2) is 51.4 Å². The van der Waals surface area contributed by atoms with Gasteiger partial charge in [-0.25, -0.2) is 0 Å². The number of morpholine rings is 1. The van der Waals surface area contributed by atoms with Crippen LogP contribution in [0, 0.1) is 0 Å². The molecular weight excluding hydrogens is 411 g/mol. The number of methoxy groups -OCH3 is 1. The number of halogens is 2. The summed E-state index contributed by atoms with van der Waals surface area (Å²) in [7, 11) is 1.63. The van der Waals surface area contributed by atoms with Crippen molar-refractivity contribution in [3.05, 3.63) is 57.6 Å². The third-order valence-electron chi connectivity index (χ3n) is 4.86. The molecule has 0 aromatic heterocycles. The minimum absolute atomic E-state index is 0.395. The molecule has 3 rings (SSSR count). The van der Waals surface area contributed by atoms with Gasteiger partial charge in [0.15, 0.2) is 11.5 Å². The Morgan fingerprint density at radius 2 is 1.93 bits per heavy atom. The predicted octanol–water partition coefficient (Wildman–Crippen LogP) is 4.39. The van der Waals surface area contributed by atoms with E-state index in [1.54, 1.807) is 7.11 Å². The van der Waals surface area contributed by atoms with Gasteiger partial charge in [0.05, 0.1) is 20.3 Å². The Bertz CT molecular complexity index is 783. The first-order valence-corrected chi connectivity index (χ1v) is 10.7. The largest absolute Gasteiger partial charge is 0.493 e. The quantitative estimate of drug-likeness (QED) is 0.557. The fourth-order valence-corrected chi connectivity index (χ4v) is 3.68. The molecule has 1 saturated heterocycles. The molecule has 1 aliphatic rings. The lowest BCUT2D eigenvalue weighted by molar-refractivity contribution is 0.0374. The molecule has 1 fully saturated rings. The number of nitrogens with zero attached hydrogens (tertiary/aromatic N) is 1. The summed E-state index contributed by atoms with van der Waals surface area (Å²) in [5.41, 5.74) is 1.98. The lowest BCUT2D eigenvalue weighted by Gasteiger charge is -2.26. The fourth-order valence-electron chi connectivity index (χ4n) is 3.25. The summed E-state index contributed by atoms with van der Waals surface area (Å²) in [5.74, 6) is 1.29. The van der Waals surface area contributed by atoms with Crippen LogP contribution < -0.4 is 14.8 Å². The number of rotatable bonds is 10.